The van der Waals surface area contributed by atoms with E-state index in [2.05, 4.69) is 0 Å². The van der Waals surface area contributed by atoms with Gasteiger partial charge < -0.3 is 9.47 Å². The zero-order chi connectivity index (χ0) is 12.8. The van der Waals surface area contributed by atoms with Gasteiger partial charge in [0.15, 0.2) is 17.3 Å². The predicted octanol–water partition coefficient (Wildman–Crippen LogP) is 2.83. The summed E-state index contributed by atoms with van der Waals surface area (Å²) in [7, 11) is 2.87. The molecule has 0 spiro atoms. The lowest BCUT2D eigenvalue weighted by Crippen LogP contribution is -2.23. The molecule has 0 aliphatic rings. The second-order valence-corrected chi connectivity index (χ2v) is 3.73. The molecule has 0 aromatic heterocycles. The summed E-state index contributed by atoms with van der Waals surface area (Å²) in [4.78, 5) is 12.0. The number of carbonyl (C=O) groups is 1. The van der Waals surface area contributed by atoms with Crippen LogP contribution in [0, 0.1) is 5.82 Å². The average Bonchev–Trinajstić information content (AvgIpc) is 2.35. The zero-order valence-corrected chi connectivity index (χ0v) is 10.3. The SMILES string of the molecule is CCCC(OC)C(=O)c1ccc(OC)c(F)c1. The highest BCUT2D eigenvalue weighted by Gasteiger charge is 2.19. The molecular formula is C13H17FO3. The molecule has 0 radical (unpaired) electrons. The van der Waals surface area contributed by atoms with Crippen molar-refractivity contribution in [1.82, 2.24) is 0 Å². The number of ether oxygens (including phenoxy) is 2. The molecule has 1 unspecified atom stereocenters. The normalized spacial score (nSPS) is 12.2. The molecule has 0 aliphatic heterocycles. The largest absolute Gasteiger partial charge is 0.494 e. The van der Waals surface area contributed by atoms with E-state index in [1.54, 1.807) is 6.07 Å². The Labute approximate surface area is 101 Å². The van der Waals surface area contributed by atoms with E-state index in [-0.39, 0.29) is 11.5 Å². The molecule has 0 bridgehead atoms. The van der Waals surface area contributed by atoms with Crippen LogP contribution in [0.2, 0.25) is 0 Å². The van der Waals surface area contributed by atoms with Gasteiger partial charge in [-0.25, -0.2) is 4.39 Å². The molecule has 0 saturated heterocycles. The number of hydrogen-bond acceptors (Lipinski definition) is 3. The van der Waals surface area contributed by atoms with Gasteiger partial charge in [-0.1, -0.05) is 13.3 Å². The first-order valence-electron chi connectivity index (χ1n) is 5.54. The summed E-state index contributed by atoms with van der Waals surface area (Å²) in [6.07, 6.45) is 0.957. The maximum atomic E-state index is 13.4. The van der Waals surface area contributed by atoms with Gasteiger partial charge in [0.1, 0.15) is 6.10 Å². The van der Waals surface area contributed by atoms with Gasteiger partial charge in [-0.15, -0.1) is 0 Å². The summed E-state index contributed by atoms with van der Waals surface area (Å²) < 4.78 is 23.3. The fourth-order valence-electron chi connectivity index (χ4n) is 1.62. The molecule has 0 saturated carbocycles. The van der Waals surface area contributed by atoms with E-state index in [1.165, 1.54) is 26.4 Å². The topological polar surface area (TPSA) is 35.5 Å². The Morgan fingerprint density at radius 1 is 1.41 bits per heavy atom. The van der Waals surface area contributed by atoms with Crippen LogP contribution in [0.5, 0.6) is 5.75 Å². The third-order valence-electron chi connectivity index (χ3n) is 2.56. The lowest BCUT2D eigenvalue weighted by molar-refractivity contribution is 0.0578. The van der Waals surface area contributed by atoms with Crippen LogP contribution in [-0.4, -0.2) is 26.1 Å². The Bertz CT molecular complexity index is 390. The van der Waals surface area contributed by atoms with Crippen molar-refractivity contribution in [2.24, 2.45) is 0 Å². The summed E-state index contributed by atoms with van der Waals surface area (Å²) >= 11 is 0. The molecule has 0 amide bonds. The fourth-order valence-corrected chi connectivity index (χ4v) is 1.62. The van der Waals surface area contributed by atoms with Gasteiger partial charge in [-0.05, 0) is 24.6 Å². The highest BCUT2D eigenvalue weighted by molar-refractivity contribution is 5.99. The van der Waals surface area contributed by atoms with Crippen molar-refractivity contribution in [1.29, 1.82) is 0 Å². The lowest BCUT2D eigenvalue weighted by atomic mass is 10.0. The first-order valence-corrected chi connectivity index (χ1v) is 5.54. The number of hydrogen-bond donors (Lipinski definition) is 0. The number of halogens is 1. The van der Waals surface area contributed by atoms with E-state index >= 15 is 0 Å². The molecule has 4 heteroatoms. The van der Waals surface area contributed by atoms with Crippen LogP contribution in [0.1, 0.15) is 30.1 Å². The molecular weight excluding hydrogens is 223 g/mol. The first-order chi connectivity index (χ1) is 8.13. The van der Waals surface area contributed by atoms with E-state index in [9.17, 15) is 9.18 Å². The molecule has 1 aromatic carbocycles. The number of ketones is 1. The van der Waals surface area contributed by atoms with Crippen molar-refractivity contribution in [3.8, 4) is 5.75 Å². The zero-order valence-electron chi connectivity index (χ0n) is 10.3. The van der Waals surface area contributed by atoms with Crippen LogP contribution in [0.25, 0.3) is 0 Å². The van der Waals surface area contributed by atoms with E-state index in [4.69, 9.17) is 9.47 Å². The summed E-state index contributed by atoms with van der Waals surface area (Å²) in [5.74, 6) is -0.605. The minimum Gasteiger partial charge on any atom is -0.494 e. The molecule has 3 nitrogen and oxygen atoms in total. The Morgan fingerprint density at radius 2 is 2.12 bits per heavy atom. The lowest BCUT2D eigenvalue weighted by Gasteiger charge is -2.13. The molecule has 0 fully saturated rings. The number of Topliss-reactive ketones (excluding diaryl/α,β-unsaturated/α-hetero) is 1. The summed E-state index contributed by atoms with van der Waals surface area (Å²) in [5.41, 5.74) is 0.309. The standard InChI is InChI=1S/C13H17FO3/c1-4-5-12(17-3)13(15)9-6-7-11(16-2)10(14)8-9/h6-8,12H,4-5H2,1-3H3. The minimum atomic E-state index is -0.537. The average molecular weight is 240 g/mol. The number of benzene rings is 1. The van der Waals surface area contributed by atoms with Crippen LogP contribution < -0.4 is 4.74 Å². The monoisotopic (exact) mass is 240 g/mol. The van der Waals surface area contributed by atoms with Crippen molar-refractivity contribution < 1.29 is 18.7 Å². The van der Waals surface area contributed by atoms with E-state index in [1.807, 2.05) is 6.92 Å². The maximum Gasteiger partial charge on any atom is 0.191 e. The summed E-state index contributed by atoms with van der Waals surface area (Å²) in [5, 5.41) is 0. The predicted molar refractivity (Wildman–Crippen MR) is 63.0 cm³/mol. The second kappa shape index (κ2) is 6.35. The van der Waals surface area contributed by atoms with Crippen LogP contribution in [0.4, 0.5) is 4.39 Å². The second-order valence-electron chi connectivity index (χ2n) is 3.73. The Kier molecular flexibility index (Phi) is 5.10. The molecule has 94 valence electrons. The van der Waals surface area contributed by atoms with Gasteiger partial charge in [0.2, 0.25) is 0 Å². The van der Waals surface area contributed by atoms with E-state index in [0.717, 1.165) is 6.42 Å². The number of carbonyl (C=O) groups excluding carboxylic acids is 1. The third-order valence-corrected chi connectivity index (χ3v) is 2.56. The molecule has 0 aliphatic carbocycles. The maximum absolute atomic E-state index is 13.4. The van der Waals surface area contributed by atoms with E-state index < -0.39 is 11.9 Å². The first kappa shape index (κ1) is 13.6. The van der Waals surface area contributed by atoms with Gasteiger partial charge in [0, 0.05) is 12.7 Å². The molecule has 1 rings (SSSR count). The van der Waals surface area contributed by atoms with Gasteiger partial charge in [-0.3, -0.25) is 4.79 Å². The third kappa shape index (κ3) is 3.27. The Hall–Kier alpha value is -1.42. The molecule has 1 aromatic rings. The van der Waals surface area contributed by atoms with Gasteiger partial charge >= 0.3 is 0 Å². The highest BCUT2D eigenvalue weighted by atomic mass is 19.1. The summed E-state index contributed by atoms with van der Waals surface area (Å²) in [6.45, 7) is 1.97. The van der Waals surface area contributed by atoms with Crippen molar-refractivity contribution in [3.05, 3.63) is 29.6 Å². The van der Waals surface area contributed by atoms with E-state index in [0.29, 0.717) is 12.0 Å². The van der Waals surface area contributed by atoms with Crippen LogP contribution in [0.3, 0.4) is 0 Å². The Morgan fingerprint density at radius 3 is 2.59 bits per heavy atom. The number of rotatable bonds is 6. The van der Waals surface area contributed by atoms with Crippen molar-refractivity contribution in [2.45, 2.75) is 25.9 Å². The van der Waals surface area contributed by atoms with Gasteiger partial charge in [0.25, 0.3) is 0 Å². The van der Waals surface area contributed by atoms with Crippen molar-refractivity contribution in [2.75, 3.05) is 14.2 Å². The van der Waals surface area contributed by atoms with Crippen molar-refractivity contribution in [3.63, 3.8) is 0 Å². The fraction of sp³-hybridized carbons (Fsp3) is 0.462. The quantitative estimate of drug-likeness (QED) is 0.717. The molecule has 0 heterocycles. The Balaban J connectivity index is 2.92. The smallest absolute Gasteiger partial charge is 0.191 e. The molecule has 1 atom stereocenters. The summed E-state index contributed by atoms with van der Waals surface area (Å²) in [6, 6.07) is 4.18. The van der Waals surface area contributed by atoms with Gasteiger partial charge in [0.05, 0.1) is 7.11 Å². The van der Waals surface area contributed by atoms with Crippen molar-refractivity contribution >= 4 is 5.78 Å². The van der Waals surface area contributed by atoms with Crippen LogP contribution >= 0.6 is 0 Å². The van der Waals surface area contributed by atoms with Crippen LogP contribution in [-0.2, 0) is 4.74 Å². The van der Waals surface area contributed by atoms with Crippen LogP contribution in [0.15, 0.2) is 18.2 Å². The van der Waals surface area contributed by atoms with Gasteiger partial charge in [-0.2, -0.15) is 0 Å². The minimum absolute atomic E-state index is 0.131. The molecule has 17 heavy (non-hydrogen) atoms. The molecule has 0 N–H and O–H groups in total. The highest BCUT2D eigenvalue weighted by Crippen LogP contribution is 2.19. The number of methoxy groups -OCH3 is 2.